The number of benzene rings is 2. The second-order valence-corrected chi connectivity index (χ2v) is 10.6. The predicted octanol–water partition coefficient (Wildman–Crippen LogP) is 3.09. The number of sulfonamides is 1. The zero-order valence-electron chi connectivity index (χ0n) is 21.4. The first-order valence-electron chi connectivity index (χ1n) is 12.3. The maximum Gasteiger partial charge on any atom is 0.242 e. The van der Waals surface area contributed by atoms with Crippen LogP contribution >= 0.6 is 0 Å². The number of carbonyl (C=O) groups excluding carboxylic acids is 2. The number of amides is 2. The van der Waals surface area contributed by atoms with Gasteiger partial charge in [-0.05, 0) is 49.6 Å². The van der Waals surface area contributed by atoms with Crippen molar-refractivity contribution in [1.29, 1.82) is 0 Å². The van der Waals surface area contributed by atoms with Crippen LogP contribution in [0.4, 0.5) is 10.1 Å². The molecule has 1 N–H and O–H groups in total. The monoisotopic (exact) mass is 535 g/mol. The van der Waals surface area contributed by atoms with Crippen molar-refractivity contribution in [3.8, 4) is 11.5 Å². The molecule has 11 heteroatoms. The molecule has 0 saturated carbocycles. The van der Waals surface area contributed by atoms with E-state index in [9.17, 15) is 22.4 Å². The van der Waals surface area contributed by atoms with Crippen LogP contribution in [-0.4, -0.2) is 63.7 Å². The van der Waals surface area contributed by atoms with E-state index >= 15 is 0 Å². The Bertz CT molecular complexity index is 1190. The largest absolute Gasteiger partial charge is 0.486 e. The van der Waals surface area contributed by atoms with Gasteiger partial charge in [0.2, 0.25) is 21.8 Å². The molecule has 1 aliphatic rings. The number of likely N-dealkylation sites (N-methyl/N-ethyl adjacent to an activating group) is 1. The van der Waals surface area contributed by atoms with Gasteiger partial charge >= 0.3 is 0 Å². The molecule has 1 atom stereocenters. The van der Waals surface area contributed by atoms with Crippen molar-refractivity contribution < 1.29 is 31.9 Å². The molecule has 1 heterocycles. The number of rotatable bonds is 12. The van der Waals surface area contributed by atoms with Crippen molar-refractivity contribution in [2.75, 3.05) is 36.9 Å². The van der Waals surface area contributed by atoms with Crippen LogP contribution in [0.2, 0.25) is 0 Å². The van der Waals surface area contributed by atoms with Crippen LogP contribution in [0.5, 0.6) is 11.5 Å². The fourth-order valence-corrected chi connectivity index (χ4v) is 5.15. The highest BCUT2D eigenvalue weighted by Crippen LogP contribution is 2.34. The summed E-state index contributed by atoms with van der Waals surface area (Å²) in [4.78, 5) is 27.5. The van der Waals surface area contributed by atoms with Crippen LogP contribution in [0.3, 0.4) is 0 Å². The van der Waals surface area contributed by atoms with E-state index in [1.54, 1.807) is 37.3 Å². The highest BCUT2D eigenvalue weighted by Gasteiger charge is 2.29. The smallest absolute Gasteiger partial charge is 0.242 e. The molecule has 0 radical (unpaired) electrons. The summed E-state index contributed by atoms with van der Waals surface area (Å²) in [5.41, 5.74) is 1.10. The van der Waals surface area contributed by atoms with Crippen molar-refractivity contribution in [1.82, 2.24) is 10.2 Å². The SMILES string of the molecule is CCNC(=O)[C@@H](CC)N(Cc1ccc(F)cc1)C(=O)CCCN(c1ccc2c(c1)OCCO2)S(C)(=O)=O. The number of hydrogen-bond donors (Lipinski definition) is 1. The van der Waals surface area contributed by atoms with E-state index in [0.29, 0.717) is 48.9 Å². The number of nitrogens with zero attached hydrogens (tertiary/aromatic N) is 2. The second kappa shape index (κ2) is 12.8. The molecule has 0 aliphatic carbocycles. The first-order chi connectivity index (χ1) is 17.6. The molecule has 2 aromatic carbocycles. The van der Waals surface area contributed by atoms with Gasteiger partial charge in [-0.3, -0.25) is 13.9 Å². The molecule has 0 saturated heterocycles. The number of ether oxygens (including phenoxy) is 2. The van der Waals surface area contributed by atoms with Crippen molar-refractivity contribution in [3.63, 3.8) is 0 Å². The van der Waals surface area contributed by atoms with Crippen molar-refractivity contribution in [2.45, 2.75) is 45.7 Å². The molecule has 9 nitrogen and oxygen atoms in total. The van der Waals surface area contributed by atoms with Gasteiger partial charge in [-0.2, -0.15) is 0 Å². The molecule has 37 heavy (non-hydrogen) atoms. The number of halogens is 1. The van der Waals surface area contributed by atoms with Gasteiger partial charge in [0.1, 0.15) is 25.1 Å². The van der Waals surface area contributed by atoms with Gasteiger partial charge in [-0.15, -0.1) is 0 Å². The summed E-state index contributed by atoms with van der Waals surface area (Å²) < 4.78 is 50.8. The van der Waals surface area contributed by atoms with Crippen LogP contribution in [0.25, 0.3) is 0 Å². The normalized spacial score (nSPS) is 13.5. The predicted molar refractivity (Wildman–Crippen MR) is 139 cm³/mol. The molecular weight excluding hydrogens is 501 g/mol. The standard InChI is InChI=1S/C26H34FN3O6S/c1-4-22(26(32)28-5-2)29(18-19-8-10-20(27)11-9-19)25(31)7-6-14-30(37(3,33)34)21-12-13-23-24(17-21)36-16-15-35-23/h8-13,17,22H,4-7,14-16,18H2,1-3H3,(H,28,32)/t22-/m1/s1. The van der Waals surface area contributed by atoms with E-state index in [1.807, 2.05) is 6.92 Å². The molecular formula is C26H34FN3O6S. The highest BCUT2D eigenvalue weighted by atomic mass is 32.2. The molecule has 0 bridgehead atoms. The molecule has 0 spiro atoms. The van der Waals surface area contributed by atoms with Gasteiger partial charge in [0.05, 0.1) is 11.9 Å². The van der Waals surface area contributed by atoms with Gasteiger partial charge in [-0.1, -0.05) is 19.1 Å². The molecule has 2 amide bonds. The average Bonchev–Trinajstić information content (AvgIpc) is 2.86. The Hall–Kier alpha value is -3.34. The molecule has 3 rings (SSSR count). The number of nitrogens with one attached hydrogen (secondary N) is 1. The summed E-state index contributed by atoms with van der Waals surface area (Å²) in [7, 11) is -3.64. The maximum absolute atomic E-state index is 13.4. The lowest BCUT2D eigenvalue weighted by molar-refractivity contribution is -0.141. The number of carbonyl (C=O) groups is 2. The Morgan fingerprint density at radius 2 is 1.73 bits per heavy atom. The molecule has 0 unspecified atom stereocenters. The molecule has 1 aliphatic heterocycles. The van der Waals surface area contributed by atoms with Crippen LogP contribution in [0, 0.1) is 5.82 Å². The number of fused-ring (bicyclic) bond motifs is 1. The minimum atomic E-state index is -3.64. The molecule has 0 aromatic heterocycles. The number of anilines is 1. The fourth-order valence-electron chi connectivity index (χ4n) is 4.19. The topological polar surface area (TPSA) is 105 Å². The summed E-state index contributed by atoms with van der Waals surface area (Å²) in [5.74, 6) is 0.0580. The molecule has 2 aromatic rings. The van der Waals surface area contributed by atoms with Crippen LogP contribution in [0.15, 0.2) is 42.5 Å². The first-order valence-corrected chi connectivity index (χ1v) is 14.2. The van der Waals surface area contributed by atoms with Crippen LogP contribution in [-0.2, 0) is 26.2 Å². The third kappa shape index (κ3) is 7.58. The minimum Gasteiger partial charge on any atom is -0.486 e. The van der Waals surface area contributed by atoms with Crippen molar-refractivity contribution in [2.24, 2.45) is 0 Å². The Morgan fingerprint density at radius 1 is 1.05 bits per heavy atom. The summed E-state index contributed by atoms with van der Waals surface area (Å²) in [6.45, 7) is 5.03. The van der Waals surface area contributed by atoms with Gasteiger partial charge in [0, 0.05) is 32.1 Å². The first kappa shape index (κ1) is 28.2. The van der Waals surface area contributed by atoms with E-state index in [0.717, 1.165) is 6.26 Å². The Labute approximate surface area is 217 Å². The van der Waals surface area contributed by atoms with E-state index in [2.05, 4.69) is 5.32 Å². The Kier molecular flexibility index (Phi) is 9.73. The van der Waals surface area contributed by atoms with E-state index < -0.39 is 21.9 Å². The molecule has 202 valence electrons. The van der Waals surface area contributed by atoms with Gasteiger partial charge in [0.15, 0.2) is 11.5 Å². The third-order valence-electron chi connectivity index (χ3n) is 5.97. The number of hydrogen-bond acceptors (Lipinski definition) is 6. The van der Waals surface area contributed by atoms with Crippen LogP contribution in [0.1, 0.15) is 38.7 Å². The quantitative estimate of drug-likeness (QED) is 0.448. The average molecular weight is 536 g/mol. The third-order valence-corrected chi connectivity index (χ3v) is 7.16. The second-order valence-electron chi connectivity index (χ2n) is 8.73. The zero-order chi connectivity index (χ0) is 27.0. The molecule has 0 fully saturated rings. The fraction of sp³-hybridized carbons (Fsp3) is 0.462. The van der Waals surface area contributed by atoms with E-state index in [4.69, 9.17) is 9.47 Å². The van der Waals surface area contributed by atoms with E-state index in [-0.39, 0.29) is 37.7 Å². The van der Waals surface area contributed by atoms with Gasteiger partial charge in [0.25, 0.3) is 0 Å². The highest BCUT2D eigenvalue weighted by molar-refractivity contribution is 7.92. The van der Waals surface area contributed by atoms with Crippen molar-refractivity contribution in [3.05, 3.63) is 53.8 Å². The van der Waals surface area contributed by atoms with Crippen LogP contribution < -0.4 is 19.1 Å². The maximum atomic E-state index is 13.4. The summed E-state index contributed by atoms with van der Waals surface area (Å²) in [5, 5.41) is 2.76. The summed E-state index contributed by atoms with van der Waals surface area (Å²) >= 11 is 0. The minimum absolute atomic E-state index is 0.0215. The summed E-state index contributed by atoms with van der Waals surface area (Å²) in [6.07, 6.45) is 1.75. The van der Waals surface area contributed by atoms with Gasteiger partial charge in [-0.25, -0.2) is 12.8 Å². The Balaban J connectivity index is 1.75. The zero-order valence-corrected chi connectivity index (χ0v) is 22.2. The van der Waals surface area contributed by atoms with E-state index in [1.165, 1.54) is 21.3 Å². The summed E-state index contributed by atoms with van der Waals surface area (Å²) in [6, 6.07) is 9.97. The Morgan fingerprint density at radius 3 is 2.35 bits per heavy atom. The lowest BCUT2D eigenvalue weighted by Crippen LogP contribution is -2.49. The van der Waals surface area contributed by atoms with Crippen molar-refractivity contribution >= 4 is 27.5 Å². The lowest BCUT2D eigenvalue weighted by Gasteiger charge is -2.31. The van der Waals surface area contributed by atoms with Gasteiger partial charge < -0.3 is 19.7 Å². The lowest BCUT2D eigenvalue weighted by atomic mass is 10.1.